The van der Waals surface area contributed by atoms with Crippen molar-refractivity contribution in [3.63, 3.8) is 0 Å². The van der Waals surface area contributed by atoms with Gasteiger partial charge in [0.25, 0.3) is 8.32 Å². The van der Waals surface area contributed by atoms with Gasteiger partial charge in [0.15, 0.2) is 5.78 Å². The fourth-order valence-corrected chi connectivity index (χ4v) is 11.5. The quantitative estimate of drug-likeness (QED) is 0.162. The SMILES string of the molecule is CC(CCCC(=O)C(CO)NC(=O)OCC1c2ccccc2-c2ccccc21)O[Si](c1ccccc1)(c1ccccc1)C(C)(C)C. The molecule has 1 aliphatic carbocycles. The highest BCUT2D eigenvalue weighted by molar-refractivity contribution is 6.99. The van der Waals surface area contributed by atoms with Crippen LogP contribution in [-0.4, -0.2) is 50.7 Å². The summed E-state index contributed by atoms with van der Waals surface area (Å²) in [4.78, 5) is 25.9. The van der Waals surface area contributed by atoms with Gasteiger partial charge < -0.3 is 19.6 Å². The van der Waals surface area contributed by atoms with Crippen LogP contribution in [0.15, 0.2) is 109 Å². The number of carbonyl (C=O) groups is 2. The number of carbonyl (C=O) groups excluding carboxylic acids is 2. The van der Waals surface area contributed by atoms with Gasteiger partial charge in [-0.15, -0.1) is 0 Å². The Morgan fingerprint density at radius 2 is 1.30 bits per heavy atom. The molecule has 0 aromatic heterocycles. The standard InChI is InChI=1S/C39H45NO5Si/c1-28(45-46(39(2,3)4,29-17-7-5-8-18-29)30-19-9-6-10-20-30)16-15-25-37(42)36(26-41)40-38(43)44-27-35-33-23-13-11-21-31(33)32-22-12-14-24-34(32)35/h5-14,17-24,28,35-36,41H,15-16,25-27H2,1-4H3,(H,40,43). The number of fused-ring (bicyclic) bond motifs is 3. The molecule has 0 heterocycles. The second kappa shape index (κ2) is 14.6. The van der Waals surface area contributed by atoms with E-state index in [9.17, 15) is 14.7 Å². The average Bonchev–Trinajstić information content (AvgIpc) is 3.38. The number of ether oxygens (including phenoxy) is 1. The summed E-state index contributed by atoms with van der Waals surface area (Å²) in [5.41, 5.74) is 4.51. The van der Waals surface area contributed by atoms with Crippen molar-refractivity contribution >= 4 is 30.6 Å². The number of alkyl carbamates (subject to hydrolysis) is 1. The maximum Gasteiger partial charge on any atom is 0.407 e. The van der Waals surface area contributed by atoms with Crippen molar-refractivity contribution in [3.8, 4) is 11.1 Å². The van der Waals surface area contributed by atoms with Gasteiger partial charge in [-0.3, -0.25) is 4.79 Å². The number of rotatable bonds is 13. The Hall–Kier alpha value is -4.04. The van der Waals surface area contributed by atoms with Crippen LogP contribution in [0.1, 0.15) is 64.0 Å². The molecule has 0 bridgehead atoms. The minimum Gasteiger partial charge on any atom is -0.449 e. The van der Waals surface area contributed by atoms with E-state index in [1.807, 2.05) is 36.4 Å². The third kappa shape index (κ3) is 7.02. The Labute approximate surface area is 273 Å². The predicted molar refractivity (Wildman–Crippen MR) is 186 cm³/mol. The van der Waals surface area contributed by atoms with Crippen molar-refractivity contribution in [2.24, 2.45) is 0 Å². The molecular formula is C39H45NO5Si. The minimum absolute atomic E-state index is 0.0848. The highest BCUT2D eigenvalue weighted by Crippen LogP contribution is 2.44. The molecule has 6 nitrogen and oxygen atoms in total. The van der Waals surface area contributed by atoms with E-state index >= 15 is 0 Å². The van der Waals surface area contributed by atoms with Crippen molar-refractivity contribution in [3.05, 3.63) is 120 Å². The zero-order valence-electron chi connectivity index (χ0n) is 27.2. The van der Waals surface area contributed by atoms with E-state index < -0.39 is 27.1 Å². The molecule has 1 amide bonds. The Balaban J connectivity index is 1.17. The predicted octanol–water partition coefficient (Wildman–Crippen LogP) is 6.59. The zero-order valence-corrected chi connectivity index (χ0v) is 28.2. The first-order chi connectivity index (χ1) is 22.2. The van der Waals surface area contributed by atoms with Gasteiger partial charge >= 0.3 is 6.09 Å². The molecule has 0 saturated heterocycles. The molecule has 0 saturated carbocycles. The maximum absolute atomic E-state index is 13.1. The molecular weight excluding hydrogens is 591 g/mol. The van der Waals surface area contributed by atoms with Crippen molar-refractivity contribution < 1.29 is 23.9 Å². The normalized spacial score (nSPS) is 14.2. The summed E-state index contributed by atoms with van der Waals surface area (Å²) in [6, 6.07) is 36.2. The second-order valence-electron chi connectivity index (χ2n) is 13.2. The molecule has 240 valence electrons. The van der Waals surface area contributed by atoms with Gasteiger partial charge in [-0.2, -0.15) is 0 Å². The molecule has 0 fully saturated rings. The number of Topliss-reactive ketones (excluding diaryl/α,β-unsaturated/α-hetero) is 1. The molecule has 2 unspecified atom stereocenters. The summed E-state index contributed by atoms with van der Waals surface area (Å²) in [6.45, 7) is 8.46. The van der Waals surface area contributed by atoms with Crippen LogP contribution < -0.4 is 15.7 Å². The molecule has 0 spiro atoms. The number of benzene rings is 4. The molecule has 2 atom stereocenters. The first kappa shape index (κ1) is 33.3. The smallest absolute Gasteiger partial charge is 0.407 e. The van der Waals surface area contributed by atoms with Crippen LogP contribution in [0.3, 0.4) is 0 Å². The minimum atomic E-state index is -2.70. The maximum atomic E-state index is 13.1. The van der Waals surface area contributed by atoms with Crippen molar-refractivity contribution in [1.82, 2.24) is 5.32 Å². The van der Waals surface area contributed by atoms with E-state index in [4.69, 9.17) is 9.16 Å². The van der Waals surface area contributed by atoms with E-state index in [0.717, 1.165) is 22.3 Å². The van der Waals surface area contributed by atoms with E-state index in [1.165, 1.54) is 10.4 Å². The van der Waals surface area contributed by atoms with Crippen LogP contribution in [0.2, 0.25) is 5.04 Å². The van der Waals surface area contributed by atoms with Crippen molar-refractivity contribution in [2.75, 3.05) is 13.2 Å². The molecule has 1 aliphatic rings. The Bertz CT molecular complexity index is 1530. The molecule has 46 heavy (non-hydrogen) atoms. The van der Waals surface area contributed by atoms with E-state index in [2.05, 4.69) is 106 Å². The lowest BCUT2D eigenvalue weighted by molar-refractivity contribution is -0.122. The largest absolute Gasteiger partial charge is 0.449 e. The van der Waals surface area contributed by atoms with E-state index in [0.29, 0.717) is 12.8 Å². The molecule has 2 N–H and O–H groups in total. The lowest BCUT2D eigenvalue weighted by atomic mass is 9.98. The molecule has 0 aliphatic heterocycles. The van der Waals surface area contributed by atoms with Crippen molar-refractivity contribution in [2.45, 2.75) is 70.1 Å². The van der Waals surface area contributed by atoms with Gasteiger partial charge in [0.05, 0.1) is 6.61 Å². The Morgan fingerprint density at radius 3 is 1.80 bits per heavy atom. The van der Waals surface area contributed by atoms with Gasteiger partial charge in [0.2, 0.25) is 0 Å². The number of hydrogen-bond donors (Lipinski definition) is 2. The molecule has 7 heteroatoms. The summed E-state index contributed by atoms with van der Waals surface area (Å²) in [6.07, 6.45) is 0.628. The van der Waals surface area contributed by atoms with Crippen LogP contribution >= 0.6 is 0 Å². The van der Waals surface area contributed by atoms with Crippen LogP contribution in [0, 0.1) is 0 Å². The Morgan fingerprint density at radius 1 is 0.804 bits per heavy atom. The number of aliphatic hydroxyl groups is 1. The lowest BCUT2D eigenvalue weighted by Crippen LogP contribution is -2.67. The van der Waals surface area contributed by atoms with Gasteiger partial charge in [0, 0.05) is 18.4 Å². The lowest BCUT2D eigenvalue weighted by Gasteiger charge is -2.44. The van der Waals surface area contributed by atoms with Crippen molar-refractivity contribution in [1.29, 1.82) is 0 Å². The summed E-state index contributed by atoms with van der Waals surface area (Å²) >= 11 is 0. The summed E-state index contributed by atoms with van der Waals surface area (Å²) < 4.78 is 12.7. The first-order valence-electron chi connectivity index (χ1n) is 16.2. The van der Waals surface area contributed by atoms with Gasteiger partial charge in [-0.05, 0) is 57.4 Å². The number of amides is 1. The number of ketones is 1. The van der Waals surface area contributed by atoms with Crippen LogP contribution in [0.5, 0.6) is 0 Å². The summed E-state index contributed by atoms with van der Waals surface area (Å²) in [5.74, 6) is -0.313. The van der Waals surface area contributed by atoms with Crippen LogP contribution in [-0.2, 0) is 14.0 Å². The number of aliphatic hydroxyl groups excluding tert-OH is 1. The molecule has 4 aromatic rings. The summed E-state index contributed by atoms with van der Waals surface area (Å²) in [7, 11) is -2.70. The zero-order chi connectivity index (χ0) is 32.7. The third-order valence-electron chi connectivity index (χ3n) is 9.04. The van der Waals surface area contributed by atoms with Gasteiger partial charge in [-0.25, -0.2) is 4.79 Å². The van der Waals surface area contributed by atoms with Gasteiger partial charge in [0.1, 0.15) is 12.6 Å². The molecule has 4 aromatic carbocycles. The molecule has 5 rings (SSSR count). The van der Waals surface area contributed by atoms with E-state index in [-0.39, 0.29) is 35.9 Å². The highest BCUT2D eigenvalue weighted by Gasteiger charge is 2.50. The Kier molecular flexibility index (Phi) is 10.6. The second-order valence-corrected chi connectivity index (χ2v) is 17.4. The van der Waals surface area contributed by atoms with Crippen LogP contribution in [0.4, 0.5) is 4.79 Å². The first-order valence-corrected chi connectivity index (χ1v) is 18.1. The van der Waals surface area contributed by atoms with Gasteiger partial charge in [-0.1, -0.05) is 130 Å². The fraction of sp³-hybridized carbons (Fsp3) is 0.333. The number of hydrogen-bond acceptors (Lipinski definition) is 5. The fourth-order valence-electron chi connectivity index (χ4n) is 6.80. The average molecular weight is 636 g/mol. The molecule has 0 radical (unpaired) electrons. The van der Waals surface area contributed by atoms with Crippen LogP contribution in [0.25, 0.3) is 11.1 Å². The number of nitrogens with one attached hydrogen (secondary N) is 1. The topological polar surface area (TPSA) is 84.9 Å². The summed E-state index contributed by atoms with van der Waals surface area (Å²) in [5, 5.41) is 14.9. The van der Waals surface area contributed by atoms with E-state index in [1.54, 1.807) is 0 Å². The highest BCUT2D eigenvalue weighted by atomic mass is 28.4. The monoisotopic (exact) mass is 635 g/mol. The third-order valence-corrected chi connectivity index (χ3v) is 14.2.